The van der Waals surface area contributed by atoms with Gasteiger partial charge in [0.1, 0.15) is 5.82 Å². The molecule has 1 heterocycles. The van der Waals surface area contributed by atoms with Crippen LogP contribution in [0.4, 0.5) is 11.8 Å². The Morgan fingerprint density at radius 3 is 1.95 bits per heavy atom. The summed E-state index contributed by atoms with van der Waals surface area (Å²) < 4.78 is 0. The van der Waals surface area contributed by atoms with Gasteiger partial charge in [-0.3, -0.25) is 0 Å². The largest absolute Gasteiger partial charge is 0.362 e. The lowest BCUT2D eigenvalue weighted by atomic mass is 9.88. The van der Waals surface area contributed by atoms with Gasteiger partial charge in [0, 0.05) is 54.1 Å². The van der Waals surface area contributed by atoms with Gasteiger partial charge in [0.2, 0.25) is 5.95 Å². The lowest BCUT2D eigenvalue weighted by Crippen LogP contribution is -2.39. The highest BCUT2D eigenvalue weighted by atomic mass is 35.5. The van der Waals surface area contributed by atoms with E-state index in [-0.39, 0.29) is 5.92 Å². The minimum atomic E-state index is 0.237. The summed E-state index contributed by atoms with van der Waals surface area (Å²) in [6.07, 6.45) is 4.38. The van der Waals surface area contributed by atoms with E-state index in [9.17, 15) is 0 Å². The highest BCUT2D eigenvalue weighted by Crippen LogP contribution is 2.29. The van der Waals surface area contributed by atoms with E-state index in [4.69, 9.17) is 33.2 Å². The number of aromatic nitrogens is 2. The van der Waals surface area contributed by atoms with Crippen molar-refractivity contribution in [1.29, 1.82) is 0 Å². The van der Waals surface area contributed by atoms with Crippen LogP contribution in [-0.2, 0) is 0 Å². The molecule has 0 saturated heterocycles. The van der Waals surface area contributed by atoms with Crippen molar-refractivity contribution in [2.45, 2.75) is 43.7 Å². The van der Waals surface area contributed by atoms with Gasteiger partial charge in [0.15, 0.2) is 0 Å². The smallest absolute Gasteiger partial charge is 0.225 e. The van der Waals surface area contributed by atoms with Crippen molar-refractivity contribution in [3.8, 4) is 0 Å². The number of benzene rings is 3. The average molecular weight is 535 g/mol. The molecule has 1 aliphatic carbocycles. The summed E-state index contributed by atoms with van der Waals surface area (Å²) >= 11 is 12.3. The molecule has 1 fully saturated rings. The molecule has 1 aliphatic rings. The normalized spacial score (nSPS) is 17.8. The molecular formula is C30H33Cl2N5. The predicted molar refractivity (Wildman–Crippen MR) is 156 cm³/mol. The lowest BCUT2D eigenvalue weighted by molar-refractivity contribution is 0.350. The average Bonchev–Trinajstić information content (AvgIpc) is 2.91. The Hall–Kier alpha value is -2.86. The number of halogens is 2. The minimum absolute atomic E-state index is 0.237. The van der Waals surface area contributed by atoms with Gasteiger partial charge >= 0.3 is 0 Å². The number of hydrogen-bond donors (Lipinski definition) is 2. The molecule has 2 N–H and O–H groups in total. The molecule has 0 unspecified atom stereocenters. The maximum Gasteiger partial charge on any atom is 0.225 e. The van der Waals surface area contributed by atoms with Crippen LogP contribution in [-0.4, -0.2) is 42.7 Å². The summed E-state index contributed by atoms with van der Waals surface area (Å²) in [7, 11) is 4.05. The van der Waals surface area contributed by atoms with Gasteiger partial charge in [0.25, 0.3) is 0 Å². The van der Waals surface area contributed by atoms with Crippen LogP contribution < -0.4 is 15.5 Å². The molecule has 4 aromatic rings. The second kappa shape index (κ2) is 11.7. The van der Waals surface area contributed by atoms with Crippen molar-refractivity contribution in [1.82, 2.24) is 15.3 Å². The van der Waals surface area contributed by atoms with E-state index in [1.54, 1.807) is 0 Å². The number of hydrogen-bond acceptors (Lipinski definition) is 5. The number of nitrogens with one attached hydrogen (secondary N) is 2. The standard InChI is InChI=1S/C30H33Cl2N5/c1-37(2)29-26-5-3-4-6-28(26)35-30(36-29)34-25-17-15-24(16-18-25)33-19-27(20-7-11-22(31)12-8-20)21-9-13-23(32)14-10-21/h3-14,24-25,27,33H,15-19H2,1-2H3,(H,34,35,36)/t24-,25+. The predicted octanol–water partition coefficient (Wildman–Crippen LogP) is 7.15. The molecule has 7 heteroatoms. The maximum absolute atomic E-state index is 6.16. The summed E-state index contributed by atoms with van der Waals surface area (Å²) in [4.78, 5) is 11.7. The zero-order valence-corrected chi connectivity index (χ0v) is 22.8. The van der Waals surface area contributed by atoms with Crippen LogP contribution in [0.3, 0.4) is 0 Å². The van der Waals surface area contributed by atoms with Gasteiger partial charge in [-0.25, -0.2) is 4.98 Å². The number of anilines is 2. The Morgan fingerprint density at radius 1 is 0.784 bits per heavy atom. The fourth-order valence-corrected chi connectivity index (χ4v) is 5.44. The van der Waals surface area contributed by atoms with Crippen LogP contribution in [0.15, 0.2) is 72.8 Å². The first-order valence-corrected chi connectivity index (χ1v) is 13.7. The van der Waals surface area contributed by atoms with Crippen molar-refractivity contribution in [2.24, 2.45) is 0 Å². The van der Waals surface area contributed by atoms with Crippen molar-refractivity contribution in [3.63, 3.8) is 0 Å². The van der Waals surface area contributed by atoms with Crippen LogP contribution in [0.25, 0.3) is 10.9 Å². The third-order valence-electron chi connectivity index (χ3n) is 7.22. The summed E-state index contributed by atoms with van der Waals surface area (Å²) in [5.41, 5.74) is 3.47. The molecule has 1 aromatic heterocycles. The van der Waals surface area contributed by atoms with Gasteiger partial charge in [-0.1, -0.05) is 59.6 Å². The van der Waals surface area contributed by atoms with Gasteiger partial charge in [-0.15, -0.1) is 0 Å². The first-order chi connectivity index (χ1) is 18.0. The third-order valence-corrected chi connectivity index (χ3v) is 7.73. The first kappa shape index (κ1) is 25.8. The first-order valence-electron chi connectivity index (χ1n) is 12.9. The molecule has 1 saturated carbocycles. The number of rotatable bonds is 8. The van der Waals surface area contributed by atoms with E-state index in [0.29, 0.717) is 18.0 Å². The second-order valence-corrected chi connectivity index (χ2v) is 10.9. The van der Waals surface area contributed by atoms with E-state index in [1.807, 2.05) is 61.5 Å². The second-order valence-electron chi connectivity index (χ2n) is 10.0. The molecule has 0 spiro atoms. The number of fused-ring (bicyclic) bond motifs is 1. The maximum atomic E-state index is 6.16. The summed E-state index contributed by atoms with van der Waals surface area (Å²) in [5.74, 6) is 1.89. The minimum Gasteiger partial charge on any atom is -0.362 e. The van der Waals surface area contributed by atoms with Crippen molar-refractivity contribution < 1.29 is 0 Å². The van der Waals surface area contributed by atoms with Crippen LogP contribution in [0, 0.1) is 0 Å². The molecule has 0 atom stereocenters. The molecule has 37 heavy (non-hydrogen) atoms. The van der Waals surface area contributed by atoms with Gasteiger partial charge < -0.3 is 15.5 Å². The lowest BCUT2D eigenvalue weighted by Gasteiger charge is -2.31. The van der Waals surface area contributed by atoms with Crippen molar-refractivity contribution in [3.05, 3.63) is 94.0 Å². The Labute approximate surface area is 229 Å². The molecule has 0 radical (unpaired) electrons. The summed E-state index contributed by atoms with van der Waals surface area (Å²) in [6, 6.07) is 25.4. The Morgan fingerprint density at radius 2 is 1.35 bits per heavy atom. The van der Waals surface area contributed by atoms with Crippen LogP contribution in [0.1, 0.15) is 42.7 Å². The van der Waals surface area contributed by atoms with Crippen molar-refractivity contribution in [2.75, 3.05) is 30.9 Å². The van der Waals surface area contributed by atoms with E-state index < -0.39 is 0 Å². The SMILES string of the molecule is CN(C)c1nc(N[C@H]2CC[C@@H](NCC(c3ccc(Cl)cc3)c3ccc(Cl)cc3)CC2)nc2ccccc12. The third kappa shape index (κ3) is 6.35. The van der Waals surface area contributed by atoms with Crippen LogP contribution >= 0.6 is 23.2 Å². The summed E-state index contributed by atoms with van der Waals surface area (Å²) in [5, 5.41) is 10.0. The topological polar surface area (TPSA) is 53.1 Å². The van der Waals surface area contributed by atoms with E-state index in [1.165, 1.54) is 11.1 Å². The fourth-order valence-electron chi connectivity index (χ4n) is 5.19. The number of para-hydroxylation sites is 1. The highest BCUT2D eigenvalue weighted by Gasteiger charge is 2.24. The molecule has 0 bridgehead atoms. The zero-order valence-electron chi connectivity index (χ0n) is 21.3. The Kier molecular flexibility index (Phi) is 8.14. The number of nitrogens with zero attached hydrogens (tertiary/aromatic N) is 3. The summed E-state index contributed by atoms with van der Waals surface area (Å²) in [6.45, 7) is 0.867. The molecule has 0 aliphatic heterocycles. The Balaban J connectivity index is 1.21. The van der Waals surface area contributed by atoms with Crippen LogP contribution in [0.2, 0.25) is 10.0 Å². The molecule has 3 aromatic carbocycles. The van der Waals surface area contributed by atoms with E-state index >= 15 is 0 Å². The zero-order chi connectivity index (χ0) is 25.8. The van der Waals surface area contributed by atoms with Gasteiger partial charge in [0.05, 0.1) is 5.52 Å². The molecule has 192 valence electrons. The fraction of sp³-hybridized carbons (Fsp3) is 0.333. The van der Waals surface area contributed by atoms with E-state index in [2.05, 4.69) is 41.0 Å². The highest BCUT2D eigenvalue weighted by molar-refractivity contribution is 6.30. The Bertz CT molecular complexity index is 1270. The molecule has 5 nitrogen and oxygen atoms in total. The van der Waals surface area contributed by atoms with Crippen molar-refractivity contribution >= 4 is 45.9 Å². The molecular weight excluding hydrogens is 501 g/mol. The molecule has 5 rings (SSSR count). The van der Waals surface area contributed by atoms with Crippen LogP contribution in [0.5, 0.6) is 0 Å². The quantitative estimate of drug-likeness (QED) is 0.252. The van der Waals surface area contributed by atoms with Gasteiger partial charge in [-0.2, -0.15) is 4.98 Å². The molecule has 0 amide bonds. The monoisotopic (exact) mass is 533 g/mol. The van der Waals surface area contributed by atoms with E-state index in [0.717, 1.165) is 59.0 Å². The van der Waals surface area contributed by atoms with Gasteiger partial charge in [-0.05, 0) is 73.2 Å².